The van der Waals surface area contributed by atoms with E-state index in [4.69, 9.17) is 0 Å². The molecule has 0 N–H and O–H groups in total. The number of Topliss-reactive ketones (excluding diaryl/α,β-unsaturated/α-hetero) is 1. The summed E-state index contributed by atoms with van der Waals surface area (Å²) in [5.41, 5.74) is 2.05. The molecule has 0 bridgehead atoms. The molecule has 2 atom stereocenters. The van der Waals surface area contributed by atoms with Crippen LogP contribution in [0.2, 0.25) is 0 Å². The summed E-state index contributed by atoms with van der Waals surface area (Å²) < 4.78 is 0. The van der Waals surface area contributed by atoms with E-state index >= 15 is 0 Å². The quantitative estimate of drug-likeness (QED) is 0.778. The van der Waals surface area contributed by atoms with Crippen molar-refractivity contribution in [2.45, 2.75) is 26.3 Å². The van der Waals surface area contributed by atoms with Crippen LogP contribution in [0.15, 0.2) is 24.3 Å². The highest BCUT2D eigenvalue weighted by Gasteiger charge is 2.30. The van der Waals surface area contributed by atoms with E-state index in [9.17, 15) is 4.79 Å². The molecule has 1 aliphatic heterocycles. The zero-order valence-electron chi connectivity index (χ0n) is 12.4. The normalized spacial score (nSPS) is 23.1. The molecule has 1 aliphatic rings. The number of likely N-dealkylation sites (N-methyl/N-ethyl adjacent to an activating group) is 1. The Hall–Kier alpha value is -1.35. The molecule has 0 amide bonds. The maximum atomic E-state index is 11.6. The van der Waals surface area contributed by atoms with E-state index in [0.717, 1.165) is 18.7 Å². The molecule has 0 aliphatic carbocycles. The van der Waals surface area contributed by atoms with Gasteiger partial charge in [0.25, 0.3) is 0 Å². The van der Waals surface area contributed by atoms with Gasteiger partial charge in [-0.2, -0.15) is 0 Å². The predicted molar refractivity (Wildman–Crippen MR) is 79.9 cm³/mol. The van der Waals surface area contributed by atoms with Gasteiger partial charge in [-0.25, -0.2) is 0 Å². The van der Waals surface area contributed by atoms with Crippen LogP contribution in [0.5, 0.6) is 0 Å². The van der Waals surface area contributed by atoms with Gasteiger partial charge in [0, 0.05) is 36.8 Å². The summed E-state index contributed by atoms with van der Waals surface area (Å²) >= 11 is 0. The van der Waals surface area contributed by atoms with E-state index in [2.05, 4.69) is 43.0 Å². The van der Waals surface area contributed by atoms with Gasteiger partial charge in [0.05, 0.1) is 0 Å². The Morgan fingerprint density at radius 3 is 2.37 bits per heavy atom. The first-order chi connectivity index (χ1) is 9.02. The first-order valence-electron chi connectivity index (χ1n) is 7.07. The summed E-state index contributed by atoms with van der Waals surface area (Å²) in [6.07, 6.45) is 0.572. The SMILES string of the molecule is CCC(=O)c1ccc(N2CC(C)C(N(C)C)C2)cc1. The molecule has 1 heterocycles. The average Bonchev–Trinajstić information content (AvgIpc) is 2.80. The maximum absolute atomic E-state index is 11.6. The highest BCUT2D eigenvalue weighted by Crippen LogP contribution is 2.26. The third kappa shape index (κ3) is 2.98. The molecule has 3 heteroatoms. The summed E-state index contributed by atoms with van der Waals surface area (Å²) in [6, 6.07) is 8.67. The lowest BCUT2D eigenvalue weighted by Gasteiger charge is -2.23. The third-order valence-corrected chi connectivity index (χ3v) is 4.11. The van der Waals surface area contributed by atoms with Crippen molar-refractivity contribution in [2.75, 3.05) is 32.1 Å². The maximum Gasteiger partial charge on any atom is 0.162 e. The highest BCUT2D eigenvalue weighted by atomic mass is 16.1. The Morgan fingerprint density at radius 2 is 1.89 bits per heavy atom. The van der Waals surface area contributed by atoms with Gasteiger partial charge < -0.3 is 9.80 Å². The number of nitrogens with zero attached hydrogens (tertiary/aromatic N) is 2. The Kier molecular flexibility index (Phi) is 4.25. The number of rotatable bonds is 4. The molecule has 0 aromatic heterocycles. The van der Waals surface area contributed by atoms with Crippen molar-refractivity contribution < 1.29 is 4.79 Å². The fourth-order valence-electron chi connectivity index (χ4n) is 2.89. The number of anilines is 1. The van der Waals surface area contributed by atoms with Gasteiger partial charge in [0.2, 0.25) is 0 Å². The van der Waals surface area contributed by atoms with Gasteiger partial charge in [-0.05, 0) is 44.3 Å². The molecule has 19 heavy (non-hydrogen) atoms. The Labute approximate surface area is 116 Å². The lowest BCUT2D eigenvalue weighted by Crippen LogP contribution is -2.34. The van der Waals surface area contributed by atoms with E-state index in [1.807, 2.05) is 19.1 Å². The monoisotopic (exact) mass is 260 g/mol. The van der Waals surface area contributed by atoms with Crippen LogP contribution in [0, 0.1) is 5.92 Å². The molecule has 1 saturated heterocycles. The van der Waals surface area contributed by atoms with Crippen molar-refractivity contribution in [3.8, 4) is 0 Å². The van der Waals surface area contributed by atoms with Crippen LogP contribution >= 0.6 is 0 Å². The lowest BCUT2D eigenvalue weighted by molar-refractivity contribution is 0.0988. The average molecular weight is 260 g/mol. The molecule has 2 rings (SSSR count). The number of ketones is 1. The summed E-state index contributed by atoms with van der Waals surface area (Å²) in [7, 11) is 4.29. The van der Waals surface area contributed by atoms with Gasteiger partial charge in [0.1, 0.15) is 0 Å². The summed E-state index contributed by atoms with van der Waals surface area (Å²) in [5, 5.41) is 0. The van der Waals surface area contributed by atoms with Crippen LogP contribution in [-0.4, -0.2) is 43.9 Å². The van der Waals surface area contributed by atoms with Crippen molar-refractivity contribution in [1.82, 2.24) is 4.90 Å². The van der Waals surface area contributed by atoms with Crippen LogP contribution < -0.4 is 4.90 Å². The van der Waals surface area contributed by atoms with Crippen LogP contribution in [0.4, 0.5) is 5.69 Å². The molecule has 1 aromatic carbocycles. The minimum absolute atomic E-state index is 0.215. The number of hydrogen-bond acceptors (Lipinski definition) is 3. The molecule has 1 aromatic rings. The fraction of sp³-hybridized carbons (Fsp3) is 0.562. The van der Waals surface area contributed by atoms with Crippen molar-refractivity contribution >= 4 is 11.5 Å². The van der Waals surface area contributed by atoms with E-state index in [1.165, 1.54) is 5.69 Å². The number of carbonyl (C=O) groups excluding carboxylic acids is 1. The minimum atomic E-state index is 0.215. The third-order valence-electron chi connectivity index (χ3n) is 4.11. The topological polar surface area (TPSA) is 23.6 Å². The fourth-order valence-corrected chi connectivity index (χ4v) is 2.89. The van der Waals surface area contributed by atoms with Crippen molar-refractivity contribution in [2.24, 2.45) is 5.92 Å². The predicted octanol–water partition coefficient (Wildman–Crippen LogP) is 2.67. The number of hydrogen-bond donors (Lipinski definition) is 0. The zero-order chi connectivity index (χ0) is 14.0. The standard InChI is InChI=1S/C16H24N2O/c1-5-16(19)13-6-8-14(9-7-13)18-10-12(2)15(11-18)17(3)4/h6-9,12,15H,5,10-11H2,1-4H3. The molecule has 0 saturated carbocycles. The Morgan fingerprint density at radius 1 is 1.26 bits per heavy atom. The van der Waals surface area contributed by atoms with Crippen molar-refractivity contribution in [3.05, 3.63) is 29.8 Å². The van der Waals surface area contributed by atoms with Crippen molar-refractivity contribution in [1.29, 1.82) is 0 Å². The number of benzene rings is 1. The smallest absolute Gasteiger partial charge is 0.162 e. The van der Waals surface area contributed by atoms with Gasteiger partial charge in [-0.15, -0.1) is 0 Å². The molecular weight excluding hydrogens is 236 g/mol. The zero-order valence-corrected chi connectivity index (χ0v) is 12.4. The Balaban J connectivity index is 2.09. The molecule has 0 spiro atoms. The number of carbonyl (C=O) groups is 1. The van der Waals surface area contributed by atoms with E-state index in [1.54, 1.807) is 0 Å². The largest absolute Gasteiger partial charge is 0.370 e. The lowest BCUT2D eigenvalue weighted by atomic mass is 10.1. The first-order valence-corrected chi connectivity index (χ1v) is 7.07. The van der Waals surface area contributed by atoms with Crippen LogP contribution in [0.1, 0.15) is 30.6 Å². The highest BCUT2D eigenvalue weighted by molar-refractivity contribution is 5.96. The van der Waals surface area contributed by atoms with Crippen LogP contribution in [0.25, 0.3) is 0 Å². The van der Waals surface area contributed by atoms with Gasteiger partial charge in [0.15, 0.2) is 5.78 Å². The van der Waals surface area contributed by atoms with E-state index in [-0.39, 0.29) is 5.78 Å². The van der Waals surface area contributed by atoms with Gasteiger partial charge in [-0.3, -0.25) is 4.79 Å². The molecule has 3 nitrogen and oxygen atoms in total. The van der Waals surface area contributed by atoms with Crippen molar-refractivity contribution in [3.63, 3.8) is 0 Å². The summed E-state index contributed by atoms with van der Waals surface area (Å²) in [6.45, 7) is 6.36. The van der Waals surface area contributed by atoms with E-state index in [0.29, 0.717) is 18.4 Å². The molecular formula is C16H24N2O. The summed E-state index contributed by atoms with van der Waals surface area (Å²) in [5.74, 6) is 0.888. The molecule has 0 radical (unpaired) electrons. The summed E-state index contributed by atoms with van der Waals surface area (Å²) in [4.78, 5) is 16.3. The minimum Gasteiger partial charge on any atom is -0.370 e. The molecule has 104 valence electrons. The van der Waals surface area contributed by atoms with Crippen LogP contribution in [0.3, 0.4) is 0 Å². The molecule has 2 unspecified atom stereocenters. The van der Waals surface area contributed by atoms with Gasteiger partial charge in [-0.1, -0.05) is 13.8 Å². The second-order valence-electron chi connectivity index (χ2n) is 5.74. The second kappa shape index (κ2) is 5.74. The molecule has 1 fully saturated rings. The second-order valence-corrected chi connectivity index (χ2v) is 5.74. The van der Waals surface area contributed by atoms with E-state index < -0.39 is 0 Å². The van der Waals surface area contributed by atoms with Gasteiger partial charge >= 0.3 is 0 Å². The Bertz CT molecular complexity index is 439. The van der Waals surface area contributed by atoms with Crippen LogP contribution in [-0.2, 0) is 0 Å². The first kappa shape index (κ1) is 14.1.